The van der Waals surface area contributed by atoms with Gasteiger partial charge in [0.15, 0.2) is 0 Å². The molecule has 2 aromatic carbocycles. The second-order valence-electron chi connectivity index (χ2n) is 9.77. The number of nitrogens with zero attached hydrogens (tertiary/aromatic N) is 2. The fraction of sp³-hybridized carbons (Fsp3) is 0.462. The van der Waals surface area contributed by atoms with Gasteiger partial charge in [0, 0.05) is 30.4 Å². The molecule has 2 aromatic rings. The average molecular weight is 484 g/mol. The lowest BCUT2D eigenvalue weighted by Gasteiger charge is -2.32. The highest BCUT2D eigenvalue weighted by molar-refractivity contribution is 7.89. The zero-order chi connectivity index (χ0) is 24.6. The second-order valence-corrected chi connectivity index (χ2v) is 11.8. The highest BCUT2D eigenvalue weighted by atomic mass is 32.2. The first-order valence-electron chi connectivity index (χ1n) is 11.9. The molecule has 4 rings (SSSR count). The number of hydrogen-bond donors (Lipinski definition) is 1. The van der Waals surface area contributed by atoms with Crippen molar-refractivity contribution in [3.63, 3.8) is 0 Å². The van der Waals surface area contributed by atoms with E-state index in [-0.39, 0.29) is 29.3 Å². The van der Waals surface area contributed by atoms with E-state index in [4.69, 9.17) is 0 Å². The molecule has 1 saturated carbocycles. The minimum atomic E-state index is -3.86. The third-order valence-electron chi connectivity index (χ3n) is 6.89. The minimum Gasteiger partial charge on any atom is -0.325 e. The number of hydrogen-bond acceptors (Lipinski definition) is 4. The standard InChI is InChI=1S/C26H33N3O4S/c1-17(2)19-8-10-22(11-9-19)27-25(30)16-28(4)34(32,33)23-12-13-24-21(15-23)14-18(3)29(24)26(31)20-6-5-7-20/h8-13,15,17-18,20H,5-7,14,16H2,1-4H3,(H,27,30)/t18-/m0/s1. The van der Waals surface area contributed by atoms with Crippen LogP contribution in [0.25, 0.3) is 0 Å². The van der Waals surface area contributed by atoms with Gasteiger partial charge in [-0.2, -0.15) is 4.31 Å². The van der Waals surface area contributed by atoms with E-state index in [0.717, 1.165) is 40.4 Å². The largest absolute Gasteiger partial charge is 0.325 e. The second kappa shape index (κ2) is 9.50. The van der Waals surface area contributed by atoms with E-state index >= 15 is 0 Å². The maximum Gasteiger partial charge on any atom is 0.243 e. The first kappa shape index (κ1) is 24.4. The predicted octanol–water partition coefficient (Wildman–Crippen LogP) is 4.15. The molecule has 8 heteroatoms. The van der Waals surface area contributed by atoms with E-state index in [0.29, 0.717) is 18.0 Å². The van der Waals surface area contributed by atoms with Crippen molar-refractivity contribution in [1.82, 2.24) is 4.31 Å². The number of amides is 2. The summed E-state index contributed by atoms with van der Waals surface area (Å²) in [5, 5.41) is 2.76. The summed E-state index contributed by atoms with van der Waals surface area (Å²) < 4.78 is 27.4. The van der Waals surface area contributed by atoms with Crippen LogP contribution >= 0.6 is 0 Å². The summed E-state index contributed by atoms with van der Waals surface area (Å²) in [5.74, 6) is 0.210. The summed E-state index contributed by atoms with van der Waals surface area (Å²) in [6.45, 7) is 5.89. The molecule has 1 aliphatic carbocycles. The van der Waals surface area contributed by atoms with Crippen molar-refractivity contribution in [2.45, 2.75) is 63.3 Å². The minimum absolute atomic E-state index is 0.00615. The molecule has 0 aromatic heterocycles. The van der Waals surface area contributed by atoms with Crippen LogP contribution in [0.15, 0.2) is 47.4 Å². The first-order valence-corrected chi connectivity index (χ1v) is 13.3. The van der Waals surface area contributed by atoms with Gasteiger partial charge in [-0.3, -0.25) is 9.59 Å². The summed E-state index contributed by atoms with van der Waals surface area (Å²) >= 11 is 0. The third-order valence-corrected chi connectivity index (χ3v) is 8.69. The van der Waals surface area contributed by atoms with Gasteiger partial charge in [0.1, 0.15) is 0 Å². The van der Waals surface area contributed by atoms with Crippen molar-refractivity contribution in [2.24, 2.45) is 5.92 Å². The lowest BCUT2D eigenvalue weighted by atomic mass is 9.84. The molecular weight excluding hydrogens is 450 g/mol. The van der Waals surface area contributed by atoms with Crippen LogP contribution in [0.4, 0.5) is 11.4 Å². The van der Waals surface area contributed by atoms with Gasteiger partial charge in [-0.25, -0.2) is 8.42 Å². The van der Waals surface area contributed by atoms with E-state index < -0.39 is 15.9 Å². The normalized spacial score (nSPS) is 18.2. The lowest BCUT2D eigenvalue weighted by Crippen LogP contribution is -2.42. The average Bonchev–Trinajstić information content (AvgIpc) is 3.07. The summed E-state index contributed by atoms with van der Waals surface area (Å²) in [7, 11) is -2.46. The van der Waals surface area contributed by atoms with Gasteiger partial charge in [0.25, 0.3) is 0 Å². The first-order chi connectivity index (χ1) is 16.1. The molecule has 0 unspecified atom stereocenters. The molecule has 0 radical (unpaired) electrons. The number of fused-ring (bicyclic) bond motifs is 1. The number of benzene rings is 2. The van der Waals surface area contributed by atoms with Crippen molar-refractivity contribution < 1.29 is 18.0 Å². The highest BCUT2D eigenvalue weighted by Crippen LogP contribution is 2.38. The van der Waals surface area contributed by atoms with E-state index in [1.54, 1.807) is 12.1 Å². The number of carbonyl (C=O) groups excluding carboxylic acids is 2. The Morgan fingerprint density at radius 3 is 2.38 bits per heavy atom. The maximum atomic E-state index is 13.2. The third kappa shape index (κ3) is 4.74. The smallest absolute Gasteiger partial charge is 0.243 e. The van der Waals surface area contributed by atoms with Gasteiger partial charge >= 0.3 is 0 Å². The summed E-state index contributed by atoms with van der Waals surface area (Å²) in [5.41, 5.74) is 3.44. The van der Waals surface area contributed by atoms with Crippen molar-refractivity contribution in [2.75, 3.05) is 23.8 Å². The molecule has 2 aliphatic rings. The summed E-state index contributed by atoms with van der Waals surface area (Å²) in [6.07, 6.45) is 3.57. The van der Waals surface area contributed by atoms with Crippen LogP contribution in [-0.2, 0) is 26.0 Å². The number of rotatable bonds is 7. The zero-order valence-electron chi connectivity index (χ0n) is 20.2. The van der Waals surface area contributed by atoms with E-state index in [2.05, 4.69) is 19.2 Å². The van der Waals surface area contributed by atoms with E-state index in [9.17, 15) is 18.0 Å². The fourth-order valence-corrected chi connectivity index (χ4v) is 5.75. The Labute approximate surface area is 202 Å². The molecular formula is C26H33N3O4S. The van der Waals surface area contributed by atoms with Gasteiger partial charge in [0.2, 0.25) is 21.8 Å². The zero-order valence-corrected chi connectivity index (χ0v) is 21.1. The molecule has 1 fully saturated rings. The molecule has 1 atom stereocenters. The highest BCUT2D eigenvalue weighted by Gasteiger charge is 2.37. The Bertz CT molecular complexity index is 1190. The molecule has 1 heterocycles. The Morgan fingerprint density at radius 2 is 1.79 bits per heavy atom. The van der Waals surface area contributed by atoms with Gasteiger partial charge in [-0.15, -0.1) is 0 Å². The van der Waals surface area contributed by atoms with Gasteiger partial charge in [0.05, 0.1) is 11.4 Å². The Hall–Kier alpha value is -2.71. The summed E-state index contributed by atoms with van der Waals surface area (Å²) in [6, 6.07) is 12.5. The number of carbonyl (C=O) groups is 2. The van der Waals surface area contributed by atoms with Crippen molar-refractivity contribution in [1.29, 1.82) is 0 Å². The molecule has 0 bridgehead atoms. The van der Waals surface area contributed by atoms with Crippen LogP contribution in [0.1, 0.15) is 57.1 Å². The van der Waals surface area contributed by atoms with E-state index in [1.807, 2.05) is 36.1 Å². The molecule has 1 aliphatic heterocycles. The van der Waals surface area contributed by atoms with Gasteiger partial charge < -0.3 is 10.2 Å². The van der Waals surface area contributed by atoms with Crippen LogP contribution in [0, 0.1) is 5.92 Å². The molecule has 34 heavy (non-hydrogen) atoms. The van der Waals surface area contributed by atoms with Gasteiger partial charge in [-0.05, 0) is 73.6 Å². The lowest BCUT2D eigenvalue weighted by molar-refractivity contribution is -0.125. The van der Waals surface area contributed by atoms with Crippen molar-refractivity contribution in [3.8, 4) is 0 Å². The van der Waals surface area contributed by atoms with Crippen LogP contribution in [0.2, 0.25) is 0 Å². The van der Waals surface area contributed by atoms with Crippen LogP contribution in [0.5, 0.6) is 0 Å². The van der Waals surface area contributed by atoms with Crippen molar-refractivity contribution >= 4 is 33.2 Å². The SMILES string of the molecule is CC(C)c1ccc(NC(=O)CN(C)S(=O)(=O)c2ccc3c(c2)C[C@H](C)N3C(=O)C2CCC2)cc1. The van der Waals surface area contributed by atoms with Crippen LogP contribution < -0.4 is 10.2 Å². The molecule has 1 N–H and O–H groups in total. The van der Waals surface area contributed by atoms with Crippen LogP contribution in [0.3, 0.4) is 0 Å². The molecule has 182 valence electrons. The predicted molar refractivity (Wildman–Crippen MR) is 133 cm³/mol. The molecule has 7 nitrogen and oxygen atoms in total. The Balaban J connectivity index is 1.45. The number of likely N-dealkylation sites (N-methyl/N-ethyl adjacent to an activating group) is 1. The number of nitrogens with one attached hydrogen (secondary N) is 1. The Morgan fingerprint density at radius 1 is 1.12 bits per heavy atom. The quantitative estimate of drug-likeness (QED) is 0.641. The molecule has 0 spiro atoms. The maximum absolute atomic E-state index is 13.2. The molecule has 2 amide bonds. The number of sulfonamides is 1. The Kier molecular flexibility index (Phi) is 6.82. The topological polar surface area (TPSA) is 86.8 Å². The summed E-state index contributed by atoms with van der Waals surface area (Å²) in [4.78, 5) is 27.3. The van der Waals surface area contributed by atoms with Crippen molar-refractivity contribution in [3.05, 3.63) is 53.6 Å². The monoisotopic (exact) mass is 483 g/mol. The fourth-order valence-electron chi connectivity index (χ4n) is 4.57. The van der Waals surface area contributed by atoms with E-state index in [1.165, 1.54) is 13.1 Å². The number of anilines is 2. The van der Waals surface area contributed by atoms with Gasteiger partial charge in [-0.1, -0.05) is 32.4 Å². The van der Waals surface area contributed by atoms with Crippen LogP contribution in [-0.4, -0.2) is 44.2 Å². The molecule has 0 saturated heterocycles.